The van der Waals surface area contributed by atoms with Crippen molar-refractivity contribution in [2.45, 2.75) is 25.6 Å². The highest BCUT2D eigenvalue weighted by atomic mass is 35.5. The summed E-state index contributed by atoms with van der Waals surface area (Å²) in [6.07, 6.45) is -3.62. The number of benzene rings is 1. The van der Waals surface area contributed by atoms with Gasteiger partial charge in [-0.15, -0.1) is 0 Å². The average molecular weight is 295 g/mol. The van der Waals surface area contributed by atoms with Crippen molar-refractivity contribution in [2.24, 2.45) is 5.73 Å². The molecule has 0 amide bonds. The van der Waals surface area contributed by atoms with E-state index in [2.05, 4.69) is 0 Å². The van der Waals surface area contributed by atoms with Gasteiger partial charge in [0.2, 0.25) is 0 Å². The quantitative estimate of drug-likeness (QED) is 0.868. The molecule has 19 heavy (non-hydrogen) atoms. The Balaban J connectivity index is 3.00. The molecule has 2 nitrogen and oxygen atoms in total. The molecule has 0 saturated heterocycles. The minimum Gasteiger partial charge on any atom is -0.329 e. The maximum absolute atomic E-state index is 12.6. The predicted octanol–water partition coefficient (Wildman–Crippen LogP) is 3.61. The van der Waals surface area contributed by atoms with Gasteiger partial charge < -0.3 is 5.73 Å². The molecule has 1 aromatic rings. The fraction of sp³-hybridized carbons (Fsp3) is 0.538. The Bertz CT molecular complexity index is 396. The summed E-state index contributed by atoms with van der Waals surface area (Å²) < 4.78 is 37.9. The Kier molecular flexibility index (Phi) is 6.10. The summed E-state index contributed by atoms with van der Waals surface area (Å²) in [6.45, 7) is 1.28. The van der Waals surface area contributed by atoms with E-state index in [0.717, 1.165) is 0 Å². The van der Waals surface area contributed by atoms with Gasteiger partial charge in [-0.05, 0) is 24.6 Å². The molecule has 0 bridgehead atoms. The molecule has 0 fully saturated rings. The van der Waals surface area contributed by atoms with Crippen molar-refractivity contribution in [3.8, 4) is 0 Å². The summed E-state index contributed by atoms with van der Waals surface area (Å²) in [5.74, 6) is 0. The van der Waals surface area contributed by atoms with Gasteiger partial charge in [0, 0.05) is 17.6 Å². The van der Waals surface area contributed by atoms with Crippen LogP contribution in [0, 0.1) is 0 Å². The van der Waals surface area contributed by atoms with Crippen LogP contribution in [0.25, 0.3) is 0 Å². The van der Waals surface area contributed by atoms with Crippen LogP contribution < -0.4 is 5.73 Å². The molecule has 108 valence electrons. The van der Waals surface area contributed by atoms with E-state index >= 15 is 0 Å². The normalized spacial score (nSPS) is 13.8. The zero-order valence-electron chi connectivity index (χ0n) is 10.8. The lowest BCUT2D eigenvalue weighted by Gasteiger charge is -2.32. The molecule has 1 atom stereocenters. The number of alkyl halides is 3. The van der Waals surface area contributed by atoms with Gasteiger partial charge in [0.15, 0.2) is 0 Å². The number of hydrogen-bond donors (Lipinski definition) is 1. The molecule has 0 spiro atoms. The van der Waals surface area contributed by atoms with Gasteiger partial charge in [0.05, 0.1) is 6.54 Å². The summed E-state index contributed by atoms with van der Waals surface area (Å²) in [5, 5.41) is 0.446. The second kappa shape index (κ2) is 7.12. The molecule has 0 heterocycles. The van der Waals surface area contributed by atoms with Crippen LogP contribution in [0.15, 0.2) is 24.3 Å². The maximum Gasteiger partial charge on any atom is 0.401 e. The molecular weight excluding hydrogens is 277 g/mol. The van der Waals surface area contributed by atoms with E-state index in [0.29, 0.717) is 23.6 Å². The van der Waals surface area contributed by atoms with Crippen molar-refractivity contribution in [2.75, 3.05) is 19.6 Å². The van der Waals surface area contributed by atoms with E-state index in [9.17, 15) is 13.2 Å². The molecule has 0 aliphatic rings. The molecular formula is C13H18ClF3N2. The Hall–Kier alpha value is -0.780. The second-order valence-corrected chi connectivity index (χ2v) is 4.77. The molecule has 0 aliphatic heterocycles. The molecule has 0 saturated carbocycles. The van der Waals surface area contributed by atoms with E-state index in [1.165, 1.54) is 4.90 Å². The Morgan fingerprint density at radius 2 is 1.95 bits per heavy atom. The summed E-state index contributed by atoms with van der Waals surface area (Å²) >= 11 is 6.05. The van der Waals surface area contributed by atoms with Gasteiger partial charge in [-0.1, -0.05) is 36.7 Å². The molecule has 2 N–H and O–H groups in total. The molecule has 1 unspecified atom stereocenters. The Labute approximate surface area is 116 Å². The summed E-state index contributed by atoms with van der Waals surface area (Å²) in [4.78, 5) is 1.33. The van der Waals surface area contributed by atoms with Crippen molar-refractivity contribution in [3.63, 3.8) is 0 Å². The van der Waals surface area contributed by atoms with Crippen LogP contribution in [0.1, 0.15) is 24.9 Å². The highest BCUT2D eigenvalue weighted by Gasteiger charge is 2.34. The van der Waals surface area contributed by atoms with Crippen LogP contribution in [0.2, 0.25) is 5.02 Å². The van der Waals surface area contributed by atoms with E-state index < -0.39 is 18.8 Å². The molecule has 0 aliphatic carbocycles. The average Bonchev–Trinajstić information content (AvgIpc) is 2.30. The zero-order chi connectivity index (χ0) is 14.5. The van der Waals surface area contributed by atoms with Crippen molar-refractivity contribution < 1.29 is 13.2 Å². The number of hydrogen-bond acceptors (Lipinski definition) is 2. The topological polar surface area (TPSA) is 29.3 Å². The first-order valence-electron chi connectivity index (χ1n) is 6.14. The lowest BCUT2D eigenvalue weighted by Crippen LogP contribution is -2.40. The molecule has 6 heteroatoms. The van der Waals surface area contributed by atoms with E-state index in [1.807, 2.05) is 6.92 Å². The largest absolute Gasteiger partial charge is 0.401 e. The van der Waals surface area contributed by atoms with Gasteiger partial charge in [-0.25, -0.2) is 0 Å². The van der Waals surface area contributed by atoms with Crippen molar-refractivity contribution in [1.82, 2.24) is 4.90 Å². The third kappa shape index (κ3) is 5.01. The third-order valence-corrected chi connectivity index (χ3v) is 3.17. The van der Waals surface area contributed by atoms with Crippen LogP contribution in [0.4, 0.5) is 13.2 Å². The molecule has 1 aromatic carbocycles. The highest BCUT2D eigenvalue weighted by molar-refractivity contribution is 6.31. The van der Waals surface area contributed by atoms with Crippen LogP contribution in [-0.2, 0) is 0 Å². The maximum atomic E-state index is 12.6. The molecule has 0 radical (unpaired) electrons. The summed E-state index contributed by atoms with van der Waals surface area (Å²) in [7, 11) is 0. The van der Waals surface area contributed by atoms with E-state index in [1.54, 1.807) is 24.3 Å². The SMILES string of the molecule is CCCN(CC(F)(F)F)C(CN)c1ccccc1Cl. The first-order chi connectivity index (χ1) is 8.89. The lowest BCUT2D eigenvalue weighted by atomic mass is 10.0. The Morgan fingerprint density at radius 3 is 2.42 bits per heavy atom. The van der Waals surface area contributed by atoms with Crippen LogP contribution >= 0.6 is 11.6 Å². The number of rotatable bonds is 6. The smallest absolute Gasteiger partial charge is 0.329 e. The second-order valence-electron chi connectivity index (χ2n) is 4.36. The number of nitrogens with two attached hydrogens (primary N) is 1. The van der Waals surface area contributed by atoms with E-state index in [4.69, 9.17) is 17.3 Å². The zero-order valence-corrected chi connectivity index (χ0v) is 11.5. The Morgan fingerprint density at radius 1 is 1.32 bits per heavy atom. The molecule has 0 aromatic heterocycles. The van der Waals surface area contributed by atoms with Crippen molar-refractivity contribution in [3.05, 3.63) is 34.9 Å². The van der Waals surface area contributed by atoms with Gasteiger partial charge in [0.1, 0.15) is 0 Å². The minimum atomic E-state index is -4.25. The van der Waals surface area contributed by atoms with Crippen LogP contribution in [-0.4, -0.2) is 30.7 Å². The van der Waals surface area contributed by atoms with Crippen molar-refractivity contribution in [1.29, 1.82) is 0 Å². The molecule has 1 rings (SSSR count). The van der Waals surface area contributed by atoms with Crippen LogP contribution in [0.3, 0.4) is 0 Å². The lowest BCUT2D eigenvalue weighted by molar-refractivity contribution is -0.150. The van der Waals surface area contributed by atoms with E-state index in [-0.39, 0.29) is 6.54 Å². The van der Waals surface area contributed by atoms with Crippen molar-refractivity contribution >= 4 is 11.6 Å². The predicted molar refractivity (Wildman–Crippen MR) is 71.2 cm³/mol. The summed E-state index contributed by atoms with van der Waals surface area (Å²) in [5.41, 5.74) is 6.30. The standard InChI is InChI=1S/C13H18ClF3N2/c1-2-7-19(9-13(15,16)17)12(8-18)10-5-3-4-6-11(10)14/h3-6,12H,2,7-9,18H2,1H3. The van der Waals surface area contributed by atoms with Crippen LogP contribution in [0.5, 0.6) is 0 Å². The fourth-order valence-electron chi connectivity index (χ4n) is 2.08. The third-order valence-electron chi connectivity index (χ3n) is 2.82. The minimum absolute atomic E-state index is 0.0970. The number of halogens is 4. The first kappa shape index (κ1) is 16.3. The van der Waals surface area contributed by atoms with Gasteiger partial charge in [-0.2, -0.15) is 13.2 Å². The van der Waals surface area contributed by atoms with Gasteiger partial charge >= 0.3 is 6.18 Å². The monoisotopic (exact) mass is 294 g/mol. The fourth-order valence-corrected chi connectivity index (χ4v) is 2.34. The van der Waals surface area contributed by atoms with Gasteiger partial charge in [0.25, 0.3) is 0 Å². The first-order valence-corrected chi connectivity index (χ1v) is 6.52. The number of nitrogens with zero attached hydrogens (tertiary/aromatic N) is 1. The highest BCUT2D eigenvalue weighted by Crippen LogP contribution is 2.29. The van der Waals surface area contributed by atoms with Gasteiger partial charge in [-0.3, -0.25) is 4.90 Å². The summed E-state index contributed by atoms with van der Waals surface area (Å²) in [6, 6.07) is 6.36.